The minimum atomic E-state index is -0.960. The molecule has 0 N–H and O–H groups in total. The largest absolute Gasteiger partial charge is 0.458 e. The van der Waals surface area contributed by atoms with Gasteiger partial charge in [0.15, 0.2) is 0 Å². The maximum atomic E-state index is 11.3. The molecule has 0 unspecified atom stereocenters. The van der Waals surface area contributed by atoms with Crippen molar-refractivity contribution in [2.75, 3.05) is 6.61 Å². The Labute approximate surface area is 105 Å². The summed E-state index contributed by atoms with van der Waals surface area (Å²) in [5.41, 5.74) is 0.787. The van der Waals surface area contributed by atoms with Gasteiger partial charge in [0.1, 0.15) is 5.75 Å². The van der Waals surface area contributed by atoms with Crippen LogP contribution < -0.4 is 4.74 Å². The van der Waals surface area contributed by atoms with Gasteiger partial charge < -0.3 is 9.47 Å². The molecular formula is C12H14N2O4. The van der Waals surface area contributed by atoms with Gasteiger partial charge in [0, 0.05) is 0 Å². The minimum absolute atomic E-state index is 0.241. The van der Waals surface area contributed by atoms with E-state index in [1.54, 1.807) is 25.1 Å². The Kier molecular flexibility index (Phi) is 5.50. The summed E-state index contributed by atoms with van der Waals surface area (Å²) in [5.74, 6) is 0.378. The number of rotatable bonds is 3. The van der Waals surface area contributed by atoms with E-state index in [1.165, 1.54) is 0 Å². The molecule has 1 aromatic rings. The molecule has 0 saturated heterocycles. The van der Waals surface area contributed by atoms with Crippen molar-refractivity contribution in [3.8, 4) is 5.75 Å². The van der Waals surface area contributed by atoms with Gasteiger partial charge in [0.05, 0.1) is 6.61 Å². The van der Waals surface area contributed by atoms with Gasteiger partial charge in [-0.3, -0.25) is 0 Å². The fourth-order valence-corrected chi connectivity index (χ4v) is 1.09. The van der Waals surface area contributed by atoms with Crippen molar-refractivity contribution in [1.82, 2.24) is 0 Å². The molecule has 0 aromatic heterocycles. The second kappa shape index (κ2) is 7.16. The van der Waals surface area contributed by atoms with Crippen LogP contribution in [0.2, 0.25) is 0 Å². The van der Waals surface area contributed by atoms with Crippen LogP contribution in [-0.2, 0) is 4.74 Å². The first kappa shape index (κ1) is 13.8. The van der Waals surface area contributed by atoms with E-state index in [0.29, 0.717) is 12.2 Å². The molecule has 1 rings (SSSR count). The summed E-state index contributed by atoms with van der Waals surface area (Å²) in [7, 11) is 0. The average Bonchev–Trinajstić information content (AvgIpc) is 2.36. The molecule has 6 heteroatoms. The first-order chi connectivity index (χ1) is 8.63. The van der Waals surface area contributed by atoms with Gasteiger partial charge in [-0.2, -0.15) is 0 Å². The summed E-state index contributed by atoms with van der Waals surface area (Å²) in [6.07, 6.45) is -1.19. The third-order valence-corrected chi connectivity index (χ3v) is 1.93. The lowest BCUT2D eigenvalue weighted by atomic mass is 10.2. The molecule has 0 saturated carbocycles. The molecule has 0 aliphatic rings. The molecule has 18 heavy (non-hydrogen) atoms. The van der Waals surface area contributed by atoms with Crippen LogP contribution in [0.5, 0.6) is 5.75 Å². The van der Waals surface area contributed by atoms with Crippen molar-refractivity contribution in [3.05, 3.63) is 29.8 Å². The van der Waals surface area contributed by atoms with E-state index in [0.717, 1.165) is 5.56 Å². The summed E-state index contributed by atoms with van der Waals surface area (Å²) in [6, 6.07) is 6.95. The molecule has 0 aliphatic carbocycles. The van der Waals surface area contributed by atoms with Crippen LogP contribution in [0.25, 0.3) is 0 Å². The summed E-state index contributed by atoms with van der Waals surface area (Å²) in [5, 5.41) is 6.18. The topological polar surface area (TPSA) is 77.3 Å². The Morgan fingerprint density at radius 3 is 2.50 bits per heavy atom. The van der Waals surface area contributed by atoms with Crippen molar-refractivity contribution in [2.45, 2.75) is 20.3 Å². The number of carbonyl (C=O) groups excluding carboxylic acids is 2. The smallest absolute Gasteiger partial charge is 0.447 e. The third-order valence-electron chi connectivity index (χ3n) is 1.93. The summed E-state index contributed by atoms with van der Waals surface area (Å²) >= 11 is 0. The number of nitrogens with zero attached hydrogens (tertiary/aromatic N) is 2. The lowest BCUT2D eigenvalue weighted by Crippen LogP contribution is -2.04. The van der Waals surface area contributed by atoms with E-state index in [2.05, 4.69) is 15.0 Å². The second-order valence-electron chi connectivity index (χ2n) is 3.45. The van der Waals surface area contributed by atoms with Gasteiger partial charge in [0.25, 0.3) is 0 Å². The van der Waals surface area contributed by atoms with Gasteiger partial charge in [-0.25, -0.2) is 9.59 Å². The Hall–Kier alpha value is -2.24. The molecule has 0 atom stereocenters. The quantitative estimate of drug-likeness (QED) is 0.769. The van der Waals surface area contributed by atoms with Gasteiger partial charge in [-0.1, -0.05) is 35.4 Å². The first-order valence-electron chi connectivity index (χ1n) is 5.49. The molecule has 2 amide bonds. The van der Waals surface area contributed by atoms with E-state index < -0.39 is 12.2 Å². The molecule has 1 aromatic carbocycles. The van der Waals surface area contributed by atoms with Gasteiger partial charge in [-0.15, -0.1) is 0 Å². The predicted molar refractivity (Wildman–Crippen MR) is 63.7 cm³/mol. The number of para-hydroxylation sites is 1. The molecule has 0 bridgehead atoms. The summed E-state index contributed by atoms with van der Waals surface area (Å²) < 4.78 is 9.50. The zero-order valence-corrected chi connectivity index (χ0v) is 10.3. The SMILES string of the molecule is CCCOC(=O)N=NC(=O)Oc1ccccc1C. The third kappa shape index (κ3) is 4.73. The van der Waals surface area contributed by atoms with Crippen molar-refractivity contribution < 1.29 is 19.1 Å². The van der Waals surface area contributed by atoms with Gasteiger partial charge in [0.2, 0.25) is 0 Å². The number of hydrogen-bond donors (Lipinski definition) is 0. The van der Waals surface area contributed by atoms with E-state index in [-0.39, 0.29) is 6.61 Å². The van der Waals surface area contributed by atoms with Crippen LogP contribution in [-0.4, -0.2) is 18.8 Å². The van der Waals surface area contributed by atoms with Crippen LogP contribution in [0, 0.1) is 6.92 Å². The van der Waals surface area contributed by atoms with Crippen LogP contribution in [0.15, 0.2) is 34.5 Å². The normalized spacial score (nSPS) is 10.3. The first-order valence-corrected chi connectivity index (χ1v) is 5.49. The van der Waals surface area contributed by atoms with Gasteiger partial charge >= 0.3 is 12.2 Å². The Balaban J connectivity index is 2.49. The molecule has 6 nitrogen and oxygen atoms in total. The maximum absolute atomic E-state index is 11.3. The number of azo groups is 1. The molecule has 0 radical (unpaired) electrons. The van der Waals surface area contributed by atoms with E-state index in [4.69, 9.17) is 4.74 Å². The lowest BCUT2D eigenvalue weighted by molar-refractivity contribution is 0.154. The standard InChI is InChI=1S/C12H14N2O4/c1-3-8-17-11(15)13-14-12(16)18-10-7-5-4-6-9(10)2/h4-7H,3,8H2,1-2H3. The highest BCUT2D eigenvalue weighted by Crippen LogP contribution is 2.16. The predicted octanol–water partition coefficient (Wildman–Crippen LogP) is 3.49. The maximum Gasteiger partial charge on any atom is 0.458 e. The highest BCUT2D eigenvalue weighted by molar-refractivity contribution is 5.74. The summed E-state index contributed by atoms with van der Waals surface area (Å²) in [4.78, 5) is 22.2. The van der Waals surface area contributed by atoms with Gasteiger partial charge in [-0.05, 0) is 25.0 Å². The van der Waals surface area contributed by atoms with Crippen molar-refractivity contribution in [1.29, 1.82) is 0 Å². The zero-order chi connectivity index (χ0) is 13.4. The van der Waals surface area contributed by atoms with E-state index >= 15 is 0 Å². The number of ether oxygens (including phenoxy) is 2. The fraction of sp³-hybridized carbons (Fsp3) is 0.333. The number of benzene rings is 1. The van der Waals surface area contributed by atoms with Crippen LogP contribution in [0.4, 0.5) is 9.59 Å². The Bertz CT molecular complexity index is 457. The van der Waals surface area contributed by atoms with Crippen molar-refractivity contribution >= 4 is 12.2 Å². The second-order valence-corrected chi connectivity index (χ2v) is 3.45. The molecule has 0 aliphatic heterocycles. The lowest BCUT2D eigenvalue weighted by Gasteiger charge is -2.02. The average molecular weight is 250 g/mol. The number of aryl methyl sites for hydroxylation is 1. The Morgan fingerprint density at radius 1 is 1.17 bits per heavy atom. The molecule has 96 valence electrons. The monoisotopic (exact) mass is 250 g/mol. The van der Waals surface area contributed by atoms with E-state index in [9.17, 15) is 9.59 Å². The summed E-state index contributed by atoms with van der Waals surface area (Å²) in [6.45, 7) is 3.87. The minimum Gasteiger partial charge on any atom is -0.447 e. The fourth-order valence-electron chi connectivity index (χ4n) is 1.09. The number of amides is 2. The van der Waals surface area contributed by atoms with Crippen molar-refractivity contribution in [2.24, 2.45) is 10.2 Å². The van der Waals surface area contributed by atoms with Crippen LogP contribution >= 0.6 is 0 Å². The zero-order valence-electron chi connectivity index (χ0n) is 10.3. The van der Waals surface area contributed by atoms with Crippen LogP contribution in [0.3, 0.4) is 0 Å². The Morgan fingerprint density at radius 2 is 1.83 bits per heavy atom. The molecular weight excluding hydrogens is 236 g/mol. The number of carbonyl (C=O) groups is 2. The molecule has 0 heterocycles. The molecule has 0 spiro atoms. The van der Waals surface area contributed by atoms with Crippen molar-refractivity contribution in [3.63, 3.8) is 0 Å². The highest BCUT2D eigenvalue weighted by Gasteiger charge is 2.06. The van der Waals surface area contributed by atoms with Crippen LogP contribution in [0.1, 0.15) is 18.9 Å². The highest BCUT2D eigenvalue weighted by atomic mass is 16.6. The van der Waals surface area contributed by atoms with E-state index in [1.807, 2.05) is 13.0 Å². The number of hydrogen-bond acceptors (Lipinski definition) is 4. The molecule has 0 fully saturated rings.